The van der Waals surface area contributed by atoms with E-state index in [1.165, 1.54) is 0 Å². The number of hydrogen-bond acceptors (Lipinski definition) is 4. The van der Waals surface area contributed by atoms with E-state index in [1.807, 2.05) is 28.8 Å². The van der Waals surface area contributed by atoms with Crippen molar-refractivity contribution >= 4 is 34.8 Å². The number of rotatable bonds is 3. The number of hydrogen-bond donors (Lipinski definition) is 1. The molecule has 0 saturated heterocycles. The van der Waals surface area contributed by atoms with E-state index in [0.29, 0.717) is 22.4 Å². The molecule has 0 unspecified atom stereocenters. The van der Waals surface area contributed by atoms with Crippen LogP contribution in [0.25, 0.3) is 28.8 Å². The Balaban J connectivity index is 1.80. The smallest absolute Gasteiger partial charge is 0.336 e. The molecule has 0 aliphatic carbocycles. The highest BCUT2D eigenvalue weighted by molar-refractivity contribution is 6.03. The molecule has 4 aromatic rings. The number of carbonyl (C=O) groups is 1. The van der Waals surface area contributed by atoms with Gasteiger partial charge in [-0.3, -0.25) is 4.40 Å². The number of carboxylic acids is 1. The lowest BCUT2D eigenvalue weighted by Gasteiger charge is -2.04. The molecule has 116 valence electrons. The van der Waals surface area contributed by atoms with Crippen LogP contribution >= 0.6 is 0 Å². The Morgan fingerprint density at radius 2 is 2.00 bits per heavy atom. The van der Waals surface area contributed by atoms with Gasteiger partial charge in [-0.25, -0.2) is 19.7 Å². The third kappa shape index (κ3) is 2.40. The molecule has 0 saturated carbocycles. The molecule has 0 amide bonds. The maximum absolute atomic E-state index is 11.5. The van der Waals surface area contributed by atoms with Crippen molar-refractivity contribution in [2.45, 2.75) is 0 Å². The van der Waals surface area contributed by atoms with E-state index in [9.17, 15) is 9.90 Å². The van der Waals surface area contributed by atoms with Gasteiger partial charge in [0.1, 0.15) is 0 Å². The van der Waals surface area contributed by atoms with Gasteiger partial charge < -0.3 is 5.11 Å². The zero-order valence-electron chi connectivity index (χ0n) is 12.5. The molecule has 0 spiro atoms. The van der Waals surface area contributed by atoms with Gasteiger partial charge >= 0.3 is 5.97 Å². The summed E-state index contributed by atoms with van der Waals surface area (Å²) in [6.45, 7) is 0. The van der Waals surface area contributed by atoms with Crippen molar-refractivity contribution in [1.29, 1.82) is 0 Å². The van der Waals surface area contributed by atoms with Crippen LogP contribution in [0, 0.1) is 0 Å². The minimum absolute atomic E-state index is 0.236. The van der Waals surface area contributed by atoms with Crippen LogP contribution in [-0.4, -0.2) is 30.4 Å². The first-order chi connectivity index (χ1) is 11.7. The largest absolute Gasteiger partial charge is 0.478 e. The summed E-state index contributed by atoms with van der Waals surface area (Å²) in [5.74, 6) is -0.364. The van der Waals surface area contributed by atoms with Crippen molar-refractivity contribution in [2.24, 2.45) is 0 Å². The molecule has 0 fully saturated rings. The molecule has 0 aliphatic heterocycles. The Morgan fingerprint density at radius 3 is 2.88 bits per heavy atom. The number of aromatic nitrogens is 4. The highest BCUT2D eigenvalue weighted by Gasteiger charge is 2.10. The summed E-state index contributed by atoms with van der Waals surface area (Å²) in [5, 5.41) is 10.1. The van der Waals surface area contributed by atoms with Gasteiger partial charge in [-0.15, -0.1) is 0 Å². The number of aromatic carboxylic acids is 1. The van der Waals surface area contributed by atoms with E-state index in [-0.39, 0.29) is 5.56 Å². The van der Waals surface area contributed by atoms with E-state index < -0.39 is 5.97 Å². The zero-order valence-corrected chi connectivity index (χ0v) is 12.5. The minimum atomic E-state index is -0.970. The van der Waals surface area contributed by atoms with E-state index in [2.05, 4.69) is 15.0 Å². The van der Waals surface area contributed by atoms with Crippen molar-refractivity contribution in [2.75, 3.05) is 0 Å². The Labute approximate surface area is 136 Å². The summed E-state index contributed by atoms with van der Waals surface area (Å²) < 4.78 is 1.84. The van der Waals surface area contributed by atoms with Gasteiger partial charge in [0.05, 0.1) is 28.7 Å². The fourth-order valence-corrected chi connectivity index (χ4v) is 2.60. The van der Waals surface area contributed by atoms with Crippen LogP contribution in [0.2, 0.25) is 0 Å². The van der Waals surface area contributed by atoms with Gasteiger partial charge in [-0.2, -0.15) is 0 Å². The van der Waals surface area contributed by atoms with Gasteiger partial charge in [0.25, 0.3) is 0 Å². The summed E-state index contributed by atoms with van der Waals surface area (Å²) in [7, 11) is 0. The van der Waals surface area contributed by atoms with Gasteiger partial charge in [0, 0.05) is 17.8 Å². The average Bonchev–Trinajstić information content (AvgIpc) is 3.02. The van der Waals surface area contributed by atoms with Crippen LogP contribution in [0.4, 0.5) is 0 Å². The lowest BCUT2D eigenvalue weighted by molar-refractivity contribution is 0.0699. The third-order valence-electron chi connectivity index (χ3n) is 3.71. The summed E-state index contributed by atoms with van der Waals surface area (Å²) in [5.41, 5.74) is 2.30. The predicted octanol–water partition coefficient (Wildman–Crippen LogP) is 3.15. The molecule has 3 heterocycles. The molecule has 0 radical (unpaired) electrons. The van der Waals surface area contributed by atoms with Crippen molar-refractivity contribution in [3.8, 4) is 0 Å². The number of carboxylic acid groups (broad SMARTS) is 1. The number of imidazole rings is 1. The molecule has 1 aromatic carbocycles. The first kappa shape index (κ1) is 14.1. The lowest BCUT2D eigenvalue weighted by Crippen LogP contribution is -2.00. The molecule has 6 heteroatoms. The van der Waals surface area contributed by atoms with E-state index in [1.54, 1.807) is 42.7 Å². The fraction of sp³-hybridized carbons (Fsp3) is 0. The fourth-order valence-electron chi connectivity index (χ4n) is 2.60. The van der Waals surface area contributed by atoms with E-state index in [4.69, 9.17) is 0 Å². The van der Waals surface area contributed by atoms with Crippen molar-refractivity contribution < 1.29 is 9.90 Å². The van der Waals surface area contributed by atoms with Crippen molar-refractivity contribution in [1.82, 2.24) is 19.4 Å². The number of pyridine rings is 1. The second kappa shape index (κ2) is 5.58. The molecule has 0 aliphatic rings. The molecule has 0 bridgehead atoms. The maximum Gasteiger partial charge on any atom is 0.336 e. The van der Waals surface area contributed by atoms with Crippen LogP contribution in [-0.2, 0) is 0 Å². The first-order valence-corrected chi connectivity index (χ1v) is 7.31. The molecule has 6 nitrogen and oxygen atoms in total. The van der Waals surface area contributed by atoms with E-state index >= 15 is 0 Å². The number of nitrogens with zero attached hydrogens (tertiary/aromatic N) is 4. The normalized spacial score (nSPS) is 11.5. The van der Waals surface area contributed by atoms with Crippen LogP contribution < -0.4 is 0 Å². The number of fused-ring (bicyclic) bond motifs is 2. The molecule has 0 atom stereocenters. The van der Waals surface area contributed by atoms with Crippen molar-refractivity contribution in [3.63, 3.8) is 0 Å². The first-order valence-electron chi connectivity index (χ1n) is 7.31. The summed E-state index contributed by atoms with van der Waals surface area (Å²) in [4.78, 5) is 24.4. The highest BCUT2D eigenvalue weighted by atomic mass is 16.4. The Kier molecular flexibility index (Phi) is 3.28. The second-order valence-electron chi connectivity index (χ2n) is 5.22. The van der Waals surface area contributed by atoms with E-state index in [0.717, 1.165) is 5.69 Å². The van der Waals surface area contributed by atoms with Crippen LogP contribution in [0.3, 0.4) is 0 Å². The van der Waals surface area contributed by atoms with Gasteiger partial charge in [-0.05, 0) is 30.4 Å². The highest BCUT2D eigenvalue weighted by Crippen LogP contribution is 2.19. The minimum Gasteiger partial charge on any atom is -0.478 e. The zero-order chi connectivity index (χ0) is 16.5. The predicted molar refractivity (Wildman–Crippen MR) is 90.6 cm³/mol. The van der Waals surface area contributed by atoms with Crippen LogP contribution in [0.1, 0.15) is 21.7 Å². The topological polar surface area (TPSA) is 80.4 Å². The molecular weight excluding hydrogens is 304 g/mol. The molecule has 3 aromatic heterocycles. The van der Waals surface area contributed by atoms with Crippen LogP contribution in [0.15, 0.2) is 55.0 Å². The van der Waals surface area contributed by atoms with Crippen molar-refractivity contribution in [3.05, 3.63) is 71.9 Å². The standard InChI is InChI=1S/C18H12N4O2/c23-17(24)15-10-12(21-16-5-2-1-4-14(15)16)6-7-13-11-20-18-19-8-3-9-22(13)18/h1-11H,(H,23,24). The Morgan fingerprint density at radius 1 is 1.12 bits per heavy atom. The number of para-hydroxylation sites is 1. The monoisotopic (exact) mass is 316 g/mol. The molecule has 24 heavy (non-hydrogen) atoms. The Hall–Kier alpha value is -3.54. The SMILES string of the molecule is O=C(O)c1cc(C=Cc2cnc3ncccn23)nc2ccccc12. The summed E-state index contributed by atoms with van der Waals surface area (Å²) in [6, 6.07) is 10.6. The summed E-state index contributed by atoms with van der Waals surface area (Å²) >= 11 is 0. The Bertz CT molecular complexity index is 1100. The maximum atomic E-state index is 11.5. The lowest BCUT2D eigenvalue weighted by atomic mass is 10.1. The number of benzene rings is 1. The summed E-state index contributed by atoms with van der Waals surface area (Å²) in [6.07, 6.45) is 8.86. The third-order valence-corrected chi connectivity index (χ3v) is 3.71. The van der Waals surface area contributed by atoms with Crippen LogP contribution in [0.5, 0.6) is 0 Å². The average molecular weight is 316 g/mol. The molecular formula is C18H12N4O2. The molecule has 4 rings (SSSR count). The molecule has 1 N–H and O–H groups in total. The van der Waals surface area contributed by atoms with Gasteiger partial charge in [0.15, 0.2) is 0 Å². The second-order valence-corrected chi connectivity index (χ2v) is 5.22. The van der Waals surface area contributed by atoms with Gasteiger partial charge in [0.2, 0.25) is 5.78 Å². The quantitative estimate of drug-likeness (QED) is 0.628. The van der Waals surface area contributed by atoms with Gasteiger partial charge in [-0.1, -0.05) is 18.2 Å².